The lowest BCUT2D eigenvalue weighted by molar-refractivity contribution is 0.769. The van der Waals surface area contributed by atoms with Crippen molar-refractivity contribution in [3.63, 3.8) is 0 Å². The van der Waals surface area contributed by atoms with Gasteiger partial charge in [0.25, 0.3) is 0 Å². The Kier molecular flexibility index (Phi) is 21.4. The molecular formula is C135H84N10. The maximum absolute atomic E-state index is 10.9. The maximum atomic E-state index is 10.9. The summed E-state index contributed by atoms with van der Waals surface area (Å²) in [4.78, 5) is 31.6. The fourth-order valence-corrected chi connectivity index (χ4v) is 21.7. The van der Waals surface area contributed by atoms with Crippen LogP contribution in [0.4, 0.5) is 0 Å². The molecule has 22 aromatic carbocycles. The average Bonchev–Trinajstić information content (AvgIpc) is 1.52. The molecule has 26 aromatic rings. The third kappa shape index (κ3) is 15.4. The molecule has 0 unspecified atom stereocenters. The minimum atomic E-state index is -0.627. The summed E-state index contributed by atoms with van der Waals surface area (Å²) in [5.74, 6) is 3.39. The molecule has 0 saturated carbocycles. The van der Waals surface area contributed by atoms with Crippen LogP contribution in [0.15, 0.2) is 510 Å². The predicted molar refractivity (Wildman–Crippen MR) is 593 cm³/mol. The lowest BCUT2D eigenvalue weighted by Gasteiger charge is -2.34. The Morgan fingerprint density at radius 3 is 1.04 bits per heavy atom. The van der Waals surface area contributed by atoms with E-state index in [0.717, 1.165) is 171 Å². The van der Waals surface area contributed by atoms with Gasteiger partial charge in [0.2, 0.25) is 0 Å². The Balaban J connectivity index is 0.000000151. The summed E-state index contributed by atoms with van der Waals surface area (Å²) < 4.78 is 4.81. The predicted octanol–water partition coefficient (Wildman–Crippen LogP) is 33.5. The molecule has 27 rings (SSSR count). The van der Waals surface area contributed by atoms with E-state index in [2.05, 4.69) is 410 Å². The highest BCUT2D eigenvalue weighted by Crippen LogP contribution is 2.58. The summed E-state index contributed by atoms with van der Waals surface area (Å²) in [5.41, 5.74) is 31.2. The van der Waals surface area contributed by atoms with Crippen molar-refractivity contribution in [3.8, 4) is 170 Å². The molecule has 674 valence electrons. The third-order valence-electron chi connectivity index (χ3n) is 28.6. The Morgan fingerprint density at radius 1 is 0.172 bits per heavy atom. The first kappa shape index (κ1) is 85.6. The number of benzene rings is 22. The van der Waals surface area contributed by atoms with E-state index in [1.54, 1.807) is 0 Å². The first-order chi connectivity index (χ1) is 71.7. The van der Waals surface area contributed by atoms with Crippen molar-refractivity contribution in [2.24, 2.45) is 0 Å². The summed E-state index contributed by atoms with van der Waals surface area (Å²) in [6.07, 6.45) is 0. The van der Waals surface area contributed by atoms with Gasteiger partial charge in [-0.25, -0.2) is 29.9 Å². The highest BCUT2D eigenvalue weighted by molar-refractivity contribution is 6.14. The summed E-state index contributed by atoms with van der Waals surface area (Å²) >= 11 is 0. The van der Waals surface area contributed by atoms with E-state index in [0.29, 0.717) is 46.1 Å². The van der Waals surface area contributed by atoms with Gasteiger partial charge in [0.05, 0.1) is 50.7 Å². The van der Waals surface area contributed by atoms with Crippen LogP contribution in [0.25, 0.3) is 234 Å². The highest BCUT2D eigenvalue weighted by Gasteiger charge is 2.47. The monoisotopic (exact) mass is 1840 g/mol. The Hall–Kier alpha value is -19.8. The summed E-state index contributed by atoms with van der Waals surface area (Å²) in [6.45, 7) is 0. The molecule has 10 nitrogen and oxygen atoms in total. The SMILES string of the molecule is N#Cc1cc(-c2cc(-c3nc(-c4ccccc4)nc(-c4ccc5ccccc5c4)n3)cc(-n3c4cc(-c5ccccc5)ccc4c4cc5c(cc43)C(c3ccccc3)(c3ccccc3)c3ccccc3-5)c2)ccc1-c1ccccc1.N#Cc1cc(-c2cc(-c3nc(-c4ccccc4)nc(-c4ccc5ccccc5c4)n3)cc(-n3c4ccccc4c4ccc(-c5cccc6ccccc56)cc43)c2)ccc1-c1ccccc1. The van der Waals surface area contributed by atoms with Crippen molar-refractivity contribution in [2.45, 2.75) is 5.41 Å². The quantitative estimate of drug-likeness (QED) is 0.0933. The topological polar surface area (TPSA) is 135 Å². The van der Waals surface area contributed by atoms with Crippen LogP contribution in [0.5, 0.6) is 0 Å². The Bertz CT molecular complexity index is 9670. The smallest absolute Gasteiger partial charge is 0.164 e. The van der Waals surface area contributed by atoms with Crippen molar-refractivity contribution in [3.05, 3.63) is 543 Å². The molecule has 0 spiro atoms. The van der Waals surface area contributed by atoms with Crippen molar-refractivity contribution in [1.29, 1.82) is 10.5 Å². The van der Waals surface area contributed by atoms with Crippen molar-refractivity contribution < 1.29 is 0 Å². The van der Waals surface area contributed by atoms with Gasteiger partial charge in [-0.05, 0) is 223 Å². The Labute approximate surface area is 837 Å². The zero-order valence-corrected chi connectivity index (χ0v) is 78.5. The van der Waals surface area contributed by atoms with Gasteiger partial charge in [-0.1, -0.05) is 419 Å². The number of nitrogens with zero attached hydrogens (tertiary/aromatic N) is 10. The van der Waals surface area contributed by atoms with Gasteiger partial charge in [-0.2, -0.15) is 10.5 Å². The minimum Gasteiger partial charge on any atom is -0.309 e. The zero-order valence-electron chi connectivity index (χ0n) is 78.5. The molecule has 1 aliphatic carbocycles. The molecule has 0 amide bonds. The van der Waals surface area contributed by atoms with Crippen LogP contribution < -0.4 is 0 Å². The van der Waals surface area contributed by atoms with Gasteiger partial charge in [0, 0.05) is 66.3 Å². The lowest BCUT2D eigenvalue weighted by atomic mass is 9.67. The van der Waals surface area contributed by atoms with Crippen LogP contribution in [-0.4, -0.2) is 39.0 Å². The van der Waals surface area contributed by atoms with Gasteiger partial charge in [-0.15, -0.1) is 0 Å². The maximum Gasteiger partial charge on any atom is 0.164 e. The zero-order chi connectivity index (χ0) is 96.4. The number of hydrogen-bond acceptors (Lipinski definition) is 8. The van der Waals surface area contributed by atoms with Gasteiger partial charge < -0.3 is 9.13 Å². The molecule has 0 atom stereocenters. The number of para-hydroxylation sites is 1. The third-order valence-corrected chi connectivity index (χ3v) is 28.6. The van der Waals surface area contributed by atoms with Crippen LogP contribution in [0.1, 0.15) is 33.4 Å². The number of rotatable bonds is 16. The van der Waals surface area contributed by atoms with E-state index in [4.69, 9.17) is 29.9 Å². The fraction of sp³-hybridized carbons (Fsp3) is 0.00741. The van der Waals surface area contributed by atoms with Crippen molar-refractivity contribution in [2.75, 3.05) is 0 Å². The second-order valence-electron chi connectivity index (χ2n) is 37.0. The average molecular weight is 1850 g/mol. The standard InChI is InChI=1S/C75H47N5.C60H37N5/c76-48-59-41-54(36-38-63(59)51-23-8-2-9-24-51)57-42-58(74-78-72(52-25-10-3-11-26-52)77-73(79-74)56-35-34-50-22-16-17-27-53(50)40-56)44-62(43-57)80-70-45-55(49-20-6-1-7-21-49)37-39-65(70)67-46-66-64-32-18-19-33-68(64)75(69(66)47-71(67)80,60-28-12-4-13-29-60)61-30-14-5-15-31-61;61-38-49-33-44(28-30-51(49)40-15-3-1-4-16-40)47-34-48(60-63-58(42-18-5-2-6-19-42)62-59(64-60)46-27-26-39-14-7-8-20-43(39)32-46)36-50(35-47)65-56-25-12-11-23-54(56)55-31-29-45(37-57(55)65)53-24-13-21-41-17-9-10-22-52(41)53/h1-47H;1-37H. The minimum absolute atomic E-state index is 0.528. The lowest BCUT2D eigenvalue weighted by Crippen LogP contribution is -2.28. The van der Waals surface area contributed by atoms with Gasteiger partial charge in [-0.3, -0.25) is 0 Å². The summed E-state index contributed by atoms with van der Waals surface area (Å²) in [6, 6.07) is 184. The van der Waals surface area contributed by atoms with E-state index >= 15 is 0 Å². The van der Waals surface area contributed by atoms with Crippen LogP contribution >= 0.6 is 0 Å². The van der Waals surface area contributed by atoms with E-state index in [1.807, 2.05) is 121 Å². The normalized spacial score (nSPS) is 11.9. The van der Waals surface area contributed by atoms with Gasteiger partial charge in [0.15, 0.2) is 34.9 Å². The van der Waals surface area contributed by atoms with Crippen molar-refractivity contribution in [1.82, 2.24) is 39.0 Å². The fourth-order valence-electron chi connectivity index (χ4n) is 21.7. The van der Waals surface area contributed by atoms with Crippen LogP contribution in [0.2, 0.25) is 0 Å². The van der Waals surface area contributed by atoms with Crippen LogP contribution in [-0.2, 0) is 5.41 Å². The van der Waals surface area contributed by atoms with Crippen LogP contribution in [0.3, 0.4) is 0 Å². The van der Waals surface area contributed by atoms with Gasteiger partial charge in [0.1, 0.15) is 0 Å². The molecule has 145 heavy (non-hydrogen) atoms. The molecule has 0 N–H and O–H groups in total. The molecule has 0 fully saturated rings. The van der Waals surface area contributed by atoms with Crippen molar-refractivity contribution >= 4 is 75.9 Å². The van der Waals surface area contributed by atoms with E-state index in [1.165, 1.54) is 49.7 Å². The molecule has 4 aromatic heterocycles. The molecule has 0 radical (unpaired) electrons. The summed E-state index contributed by atoms with van der Waals surface area (Å²) in [5, 5.41) is 32.9. The molecule has 0 aliphatic heterocycles. The van der Waals surface area contributed by atoms with E-state index in [-0.39, 0.29) is 0 Å². The van der Waals surface area contributed by atoms with Gasteiger partial charge >= 0.3 is 0 Å². The molecule has 0 bridgehead atoms. The summed E-state index contributed by atoms with van der Waals surface area (Å²) in [7, 11) is 0. The van der Waals surface area contributed by atoms with Crippen LogP contribution in [0, 0.1) is 22.7 Å². The number of aromatic nitrogens is 8. The van der Waals surface area contributed by atoms with E-state index < -0.39 is 5.41 Å². The second kappa shape index (κ2) is 36.2. The first-order valence-corrected chi connectivity index (χ1v) is 48.8. The molecular weight excluding hydrogens is 1760 g/mol. The van der Waals surface area contributed by atoms with E-state index in [9.17, 15) is 10.5 Å². The first-order valence-electron chi connectivity index (χ1n) is 48.8. The molecule has 10 heteroatoms. The Morgan fingerprint density at radius 2 is 0.524 bits per heavy atom. The number of fused-ring (bicyclic) bond motifs is 12. The second-order valence-corrected chi connectivity index (χ2v) is 37.0. The number of nitriles is 2. The molecule has 1 aliphatic rings. The number of hydrogen-bond donors (Lipinski definition) is 0. The molecule has 4 heterocycles. The molecule has 0 saturated heterocycles. The largest absolute Gasteiger partial charge is 0.309 e. The highest BCUT2D eigenvalue weighted by atomic mass is 15.1.